The zero-order chi connectivity index (χ0) is 22.1. The fraction of sp³-hybridized carbons (Fsp3) is 0.462. The van der Waals surface area contributed by atoms with Gasteiger partial charge in [-0.15, -0.1) is 0 Å². The molecule has 0 amide bonds. The molecule has 1 aromatic carbocycles. The molecule has 2 aliphatic rings. The summed E-state index contributed by atoms with van der Waals surface area (Å²) in [7, 11) is 0. The van der Waals surface area contributed by atoms with Crippen LogP contribution in [0.5, 0.6) is 0 Å². The van der Waals surface area contributed by atoms with E-state index in [2.05, 4.69) is 4.90 Å². The van der Waals surface area contributed by atoms with Crippen LogP contribution in [0.3, 0.4) is 0 Å². The van der Waals surface area contributed by atoms with Crippen molar-refractivity contribution in [2.75, 3.05) is 19.6 Å². The van der Waals surface area contributed by atoms with E-state index in [0.29, 0.717) is 6.54 Å². The lowest BCUT2D eigenvalue weighted by Crippen LogP contribution is -2.39. The first kappa shape index (κ1) is 21.1. The Hall–Kier alpha value is -2.73. The third kappa shape index (κ3) is 4.29. The molecule has 5 rings (SSSR count). The van der Waals surface area contributed by atoms with Gasteiger partial charge in [-0.2, -0.15) is 0 Å². The molecular formula is C26H30FN3O2. The standard InChI is InChI=1S/C26H30FN3O2/c27-22-7-3-6-20(16-22)5-2-1-4-19-12-14-28(15-13-19)17-23-18-29-24(31)10-8-21-9-11-25(32)30(23)26(21)29/h3,6-11,16,19,23H,1-2,4-5,12-15,17-18H2/t23-/m1/s1. The van der Waals surface area contributed by atoms with Crippen molar-refractivity contribution in [2.45, 2.75) is 51.1 Å². The highest BCUT2D eigenvalue weighted by molar-refractivity contribution is 5.76. The summed E-state index contributed by atoms with van der Waals surface area (Å²) in [5.74, 6) is 0.594. The van der Waals surface area contributed by atoms with Gasteiger partial charge in [0.2, 0.25) is 0 Å². The van der Waals surface area contributed by atoms with E-state index in [1.54, 1.807) is 28.8 Å². The van der Waals surface area contributed by atoms with Crippen LogP contribution in [0.4, 0.5) is 4.39 Å². The Kier molecular flexibility index (Phi) is 5.96. The average molecular weight is 436 g/mol. The number of aryl methyl sites for hydroxylation is 1. The van der Waals surface area contributed by atoms with E-state index in [1.807, 2.05) is 22.8 Å². The zero-order valence-electron chi connectivity index (χ0n) is 18.4. The van der Waals surface area contributed by atoms with E-state index >= 15 is 0 Å². The number of rotatable bonds is 7. The van der Waals surface area contributed by atoms with Gasteiger partial charge in [-0.05, 0) is 74.5 Å². The highest BCUT2D eigenvalue weighted by Gasteiger charge is 2.29. The normalized spacial score (nSPS) is 19.1. The van der Waals surface area contributed by atoms with Crippen molar-refractivity contribution in [2.24, 2.45) is 5.92 Å². The number of hydrogen-bond acceptors (Lipinski definition) is 3. The number of aromatic nitrogens is 2. The minimum atomic E-state index is -0.149. The Morgan fingerprint density at radius 1 is 0.938 bits per heavy atom. The fourth-order valence-electron chi connectivity index (χ4n) is 5.50. The predicted octanol–water partition coefficient (Wildman–Crippen LogP) is 3.98. The highest BCUT2D eigenvalue weighted by Crippen LogP contribution is 2.27. The number of piperidine rings is 1. The van der Waals surface area contributed by atoms with E-state index < -0.39 is 0 Å². The Morgan fingerprint density at radius 2 is 1.72 bits per heavy atom. The van der Waals surface area contributed by atoms with Crippen LogP contribution in [-0.4, -0.2) is 33.7 Å². The van der Waals surface area contributed by atoms with Crippen molar-refractivity contribution in [1.82, 2.24) is 14.0 Å². The lowest BCUT2D eigenvalue weighted by molar-refractivity contribution is 0.155. The number of hydrogen-bond donors (Lipinski definition) is 0. The molecule has 1 atom stereocenters. The third-order valence-electron chi connectivity index (χ3n) is 7.21. The number of pyridine rings is 2. The Labute approximate surface area is 187 Å². The van der Waals surface area contributed by atoms with Gasteiger partial charge in [0.15, 0.2) is 0 Å². The summed E-state index contributed by atoms with van der Waals surface area (Å²) in [6, 6.07) is 13.8. The minimum absolute atomic E-state index is 0.0177. The minimum Gasteiger partial charge on any atom is -0.301 e. The van der Waals surface area contributed by atoms with Crippen molar-refractivity contribution in [3.8, 4) is 0 Å². The smallest absolute Gasteiger partial charge is 0.252 e. The van der Waals surface area contributed by atoms with Crippen molar-refractivity contribution in [3.05, 3.63) is 80.6 Å². The fourth-order valence-corrected chi connectivity index (χ4v) is 5.50. The Balaban J connectivity index is 1.12. The van der Waals surface area contributed by atoms with E-state index in [4.69, 9.17) is 0 Å². The van der Waals surface area contributed by atoms with Gasteiger partial charge in [0.05, 0.1) is 6.04 Å². The van der Waals surface area contributed by atoms with Gasteiger partial charge in [0.1, 0.15) is 11.5 Å². The summed E-state index contributed by atoms with van der Waals surface area (Å²) in [6.45, 7) is 3.48. The summed E-state index contributed by atoms with van der Waals surface area (Å²) < 4.78 is 16.9. The van der Waals surface area contributed by atoms with E-state index in [-0.39, 0.29) is 23.0 Å². The molecule has 5 nitrogen and oxygen atoms in total. The maximum Gasteiger partial charge on any atom is 0.252 e. The maximum atomic E-state index is 13.3. The number of unbranched alkanes of at least 4 members (excludes halogenated alkanes) is 1. The number of benzene rings is 1. The highest BCUT2D eigenvalue weighted by atomic mass is 19.1. The molecule has 32 heavy (non-hydrogen) atoms. The number of likely N-dealkylation sites (tertiary alicyclic amines) is 1. The average Bonchev–Trinajstić information content (AvgIpc) is 3.18. The molecule has 0 N–H and O–H groups in total. The van der Waals surface area contributed by atoms with Crippen LogP contribution in [0.2, 0.25) is 0 Å². The van der Waals surface area contributed by atoms with Crippen molar-refractivity contribution >= 4 is 11.0 Å². The molecule has 4 heterocycles. The van der Waals surface area contributed by atoms with Crippen LogP contribution in [0, 0.1) is 11.7 Å². The van der Waals surface area contributed by atoms with Crippen LogP contribution in [0.25, 0.3) is 11.0 Å². The SMILES string of the molecule is O=c1ccc2ccc(=O)n3c2n1C[C@H]3CN1CCC(CCCCc2cccc(F)c2)CC1. The van der Waals surface area contributed by atoms with Crippen LogP contribution >= 0.6 is 0 Å². The lowest BCUT2D eigenvalue weighted by atomic mass is 9.90. The molecular weight excluding hydrogens is 405 g/mol. The molecule has 0 bridgehead atoms. The monoisotopic (exact) mass is 435 g/mol. The predicted molar refractivity (Wildman–Crippen MR) is 125 cm³/mol. The van der Waals surface area contributed by atoms with Gasteiger partial charge >= 0.3 is 0 Å². The van der Waals surface area contributed by atoms with Crippen molar-refractivity contribution < 1.29 is 4.39 Å². The molecule has 6 heteroatoms. The molecule has 1 fully saturated rings. The molecule has 0 saturated carbocycles. The number of halogens is 1. The second kappa shape index (κ2) is 9.02. The first-order chi connectivity index (χ1) is 15.6. The zero-order valence-corrected chi connectivity index (χ0v) is 18.4. The summed E-state index contributed by atoms with van der Waals surface area (Å²) in [5.41, 5.74) is 1.80. The molecule has 3 aromatic rings. The van der Waals surface area contributed by atoms with Gasteiger partial charge in [0, 0.05) is 30.6 Å². The molecule has 2 aromatic heterocycles. The number of nitrogens with zero attached hydrogens (tertiary/aromatic N) is 3. The van der Waals surface area contributed by atoms with Gasteiger partial charge < -0.3 is 4.90 Å². The first-order valence-corrected chi connectivity index (χ1v) is 11.8. The quantitative estimate of drug-likeness (QED) is 0.528. The first-order valence-electron chi connectivity index (χ1n) is 11.8. The summed E-state index contributed by atoms with van der Waals surface area (Å²) in [4.78, 5) is 27.4. The summed E-state index contributed by atoms with van der Waals surface area (Å²) in [5, 5.41) is 0.948. The van der Waals surface area contributed by atoms with Gasteiger partial charge in [-0.25, -0.2) is 4.39 Å². The van der Waals surface area contributed by atoms with E-state index in [9.17, 15) is 14.0 Å². The molecule has 1 saturated heterocycles. The van der Waals surface area contributed by atoms with Gasteiger partial charge in [-0.3, -0.25) is 18.7 Å². The second-order valence-electron chi connectivity index (χ2n) is 9.38. The molecule has 0 unspecified atom stereocenters. The molecule has 0 aliphatic carbocycles. The van der Waals surface area contributed by atoms with Crippen LogP contribution in [0.1, 0.15) is 43.7 Å². The molecule has 168 valence electrons. The summed E-state index contributed by atoms with van der Waals surface area (Å²) >= 11 is 0. The van der Waals surface area contributed by atoms with Gasteiger partial charge in [0.25, 0.3) is 11.1 Å². The van der Waals surface area contributed by atoms with Crippen LogP contribution < -0.4 is 11.1 Å². The Morgan fingerprint density at radius 3 is 2.50 bits per heavy atom. The van der Waals surface area contributed by atoms with Gasteiger partial charge in [-0.1, -0.05) is 25.0 Å². The molecule has 0 spiro atoms. The Bertz CT molecular complexity index is 1220. The topological polar surface area (TPSA) is 47.2 Å². The molecule has 2 aliphatic heterocycles. The van der Waals surface area contributed by atoms with Crippen LogP contribution in [0.15, 0.2) is 58.1 Å². The lowest BCUT2D eigenvalue weighted by Gasteiger charge is -2.33. The second-order valence-corrected chi connectivity index (χ2v) is 9.38. The summed E-state index contributed by atoms with van der Waals surface area (Å²) in [6.07, 6.45) is 6.81. The van der Waals surface area contributed by atoms with Crippen molar-refractivity contribution in [3.63, 3.8) is 0 Å². The largest absolute Gasteiger partial charge is 0.301 e. The van der Waals surface area contributed by atoms with Crippen LogP contribution in [-0.2, 0) is 13.0 Å². The molecule has 0 radical (unpaired) electrons. The van der Waals surface area contributed by atoms with E-state index in [0.717, 1.165) is 55.0 Å². The van der Waals surface area contributed by atoms with E-state index in [1.165, 1.54) is 31.7 Å². The third-order valence-corrected chi connectivity index (χ3v) is 7.21. The maximum absolute atomic E-state index is 13.3. The van der Waals surface area contributed by atoms with Crippen molar-refractivity contribution in [1.29, 1.82) is 0 Å².